The number of likely N-dealkylation sites (tertiary alicyclic amines) is 1. The first kappa shape index (κ1) is 16.1. The van der Waals surface area contributed by atoms with Gasteiger partial charge in [0, 0.05) is 32.0 Å². The van der Waals surface area contributed by atoms with E-state index < -0.39 is 0 Å². The van der Waals surface area contributed by atoms with Crippen LogP contribution in [-0.4, -0.2) is 40.4 Å². The van der Waals surface area contributed by atoms with Crippen molar-refractivity contribution in [3.05, 3.63) is 54.4 Å². The van der Waals surface area contributed by atoms with Gasteiger partial charge in [0.25, 0.3) is 0 Å². The highest BCUT2D eigenvalue weighted by atomic mass is 16.2. The molecule has 0 radical (unpaired) electrons. The molecule has 2 aromatic rings. The van der Waals surface area contributed by atoms with Gasteiger partial charge in [-0.05, 0) is 37.3 Å². The number of benzene rings is 1. The number of anilines is 1. The molecule has 1 amide bonds. The summed E-state index contributed by atoms with van der Waals surface area (Å²) in [5.74, 6) is 1.08. The molecule has 2 aliphatic rings. The van der Waals surface area contributed by atoms with Crippen molar-refractivity contribution in [1.29, 1.82) is 0 Å². The lowest BCUT2D eigenvalue weighted by Crippen LogP contribution is -2.45. The lowest BCUT2D eigenvalue weighted by atomic mass is 9.95. The van der Waals surface area contributed by atoms with Gasteiger partial charge in [0.1, 0.15) is 0 Å². The Morgan fingerprint density at radius 3 is 2.52 bits per heavy atom. The fourth-order valence-corrected chi connectivity index (χ4v) is 4.10. The minimum atomic E-state index is 0.0434. The van der Waals surface area contributed by atoms with E-state index in [-0.39, 0.29) is 12.0 Å². The fraction of sp³-hybridized carbons (Fsp3) is 0.450. The largest absolute Gasteiger partial charge is 0.340 e. The number of aromatic nitrogens is 2. The first-order valence-corrected chi connectivity index (χ1v) is 9.20. The van der Waals surface area contributed by atoms with E-state index in [0.717, 1.165) is 51.3 Å². The van der Waals surface area contributed by atoms with Gasteiger partial charge < -0.3 is 9.80 Å². The third-order valence-electron chi connectivity index (χ3n) is 5.33. The summed E-state index contributed by atoms with van der Waals surface area (Å²) in [5, 5.41) is 0. The zero-order valence-corrected chi connectivity index (χ0v) is 14.4. The Hall–Kier alpha value is -2.43. The highest BCUT2D eigenvalue weighted by Crippen LogP contribution is 2.34. The fourth-order valence-electron chi connectivity index (χ4n) is 4.10. The Labute approximate surface area is 148 Å². The van der Waals surface area contributed by atoms with Crippen LogP contribution in [0.1, 0.15) is 37.3 Å². The summed E-state index contributed by atoms with van der Waals surface area (Å²) in [6, 6.07) is 12.5. The first-order chi connectivity index (χ1) is 12.3. The van der Waals surface area contributed by atoms with Crippen molar-refractivity contribution in [2.75, 3.05) is 24.5 Å². The van der Waals surface area contributed by atoms with Crippen molar-refractivity contribution in [2.45, 2.75) is 31.7 Å². The van der Waals surface area contributed by atoms with Gasteiger partial charge in [-0.2, -0.15) is 0 Å². The summed E-state index contributed by atoms with van der Waals surface area (Å²) in [5.41, 5.74) is 1.26. The van der Waals surface area contributed by atoms with Crippen LogP contribution >= 0.6 is 0 Å². The molecule has 5 heteroatoms. The molecule has 25 heavy (non-hydrogen) atoms. The van der Waals surface area contributed by atoms with Crippen molar-refractivity contribution in [2.24, 2.45) is 5.92 Å². The van der Waals surface area contributed by atoms with Crippen LogP contribution in [0.25, 0.3) is 0 Å². The summed E-state index contributed by atoms with van der Waals surface area (Å²) in [4.78, 5) is 26.2. The predicted octanol–water partition coefficient (Wildman–Crippen LogP) is 3.06. The molecule has 0 unspecified atom stereocenters. The van der Waals surface area contributed by atoms with E-state index in [2.05, 4.69) is 44.0 Å². The van der Waals surface area contributed by atoms with E-state index in [0.29, 0.717) is 5.91 Å². The number of carbonyl (C=O) groups excluding carboxylic acids is 1. The number of nitrogens with zero attached hydrogens (tertiary/aromatic N) is 4. The SMILES string of the molecule is O=C([C@@H]1CCCN(c2ncccn2)C1)N1CCC[C@@H]1c1ccccc1. The van der Waals surface area contributed by atoms with Crippen LogP contribution in [0, 0.1) is 5.92 Å². The second-order valence-corrected chi connectivity index (χ2v) is 6.93. The summed E-state index contributed by atoms with van der Waals surface area (Å²) in [7, 11) is 0. The molecule has 130 valence electrons. The van der Waals surface area contributed by atoms with Gasteiger partial charge in [0.2, 0.25) is 11.9 Å². The van der Waals surface area contributed by atoms with E-state index in [1.54, 1.807) is 12.4 Å². The normalized spacial score (nSPS) is 23.7. The molecule has 3 heterocycles. The first-order valence-electron chi connectivity index (χ1n) is 9.20. The molecule has 2 atom stereocenters. The molecular weight excluding hydrogens is 312 g/mol. The molecule has 2 saturated heterocycles. The summed E-state index contributed by atoms with van der Waals surface area (Å²) in [6.07, 6.45) is 7.65. The molecule has 0 spiro atoms. The molecule has 2 fully saturated rings. The minimum absolute atomic E-state index is 0.0434. The average Bonchev–Trinajstić information content (AvgIpc) is 3.19. The Bertz CT molecular complexity index is 706. The zero-order valence-electron chi connectivity index (χ0n) is 14.4. The molecule has 0 aliphatic carbocycles. The van der Waals surface area contributed by atoms with Crippen molar-refractivity contribution < 1.29 is 4.79 Å². The standard InChI is InChI=1S/C20H24N4O/c25-19(24-14-5-10-18(24)16-7-2-1-3-8-16)17-9-4-13-23(15-17)20-21-11-6-12-22-20/h1-3,6-8,11-12,17-18H,4-5,9-10,13-15H2/t17-,18-/m1/s1. The molecule has 1 aromatic carbocycles. The smallest absolute Gasteiger partial charge is 0.227 e. The van der Waals surface area contributed by atoms with Gasteiger partial charge in [-0.25, -0.2) is 9.97 Å². The van der Waals surface area contributed by atoms with Crippen molar-refractivity contribution in [3.8, 4) is 0 Å². The Morgan fingerprint density at radius 2 is 1.72 bits per heavy atom. The van der Waals surface area contributed by atoms with Crippen LogP contribution in [0.3, 0.4) is 0 Å². The maximum absolute atomic E-state index is 13.2. The summed E-state index contributed by atoms with van der Waals surface area (Å²) in [6.45, 7) is 2.52. The molecule has 4 rings (SSSR count). The third kappa shape index (κ3) is 3.36. The number of amides is 1. The number of hydrogen-bond donors (Lipinski definition) is 0. The molecule has 5 nitrogen and oxygen atoms in total. The number of rotatable bonds is 3. The summed E-state index contributed by atoms with van der Waals surface area (Å²) >= 11 is 0. The van der Waals surface area contributed by atoms with Crippen molar-refractivity contribution >= 4 is 11.9 Å². The van der Waals surface area contributed by atoms with Crippen LogP contribution in [0.4, 0.5) is 5.95 Å². The number of hydrogen-bond acceptors (Lipinski definition) is 4. The van der Waals surface area contributed by atoms with Crippen molar-refractivity contribution in [3.63, 3.8) is 0 Å². The van der Waals surface area contributed by atoms with Gasteiger partial charge in [-0.1, -0.05) is 30.3 Å². The molecular formula is C20H24N4O. The number of carbonyl (C=O) groups is 1. The van der Waals surface area contributed by atoms with Crippen LogP contribution in [0.15, 0.2) is 48.8 Å². The molecule has 0 N–H and O–H groups in total. The highest BCUT2D eigenvalue weighted by molar-refractivity contribution is 5.80. The van der Waals surface area contributed by atoms with Gasteiger partial charge >= 0.3 is 0 Å². The third-order valence-corrected chi connectivity index (χ3v) is 5.33. The average molecular weight is 336 g/mol. The highest BCUT2D eigenvalue weighted by Gasteiger charge is 2.36. The maximum atomic E-state index is 13.2. The van der Waals surface area contributed by atoms with Crippen LogP contribution in [-0.2, 0) is 4.79 Å². The van der Waals surface area contributed by atoms with Gasteiger partial charge in [0.05, 0.1) is 12.0 Å². The lowest BCUT2D eigenvalue weighted by Gasteiger charge is -2.35. The van der Waals surface area contributed by atoms with E-state index in [9.17, 15) is 4.79 Å². The van der Waals surface area contributed by atoms with E-state index in [4.69, 9.17) is 0 Å². The van der Waals surface area contributed by atoms with E-state index in [1.807, 2.05) is 12.1 Å². The molecule has 1 aromatic heterocycles. The Balaban J connectivity index is 1.48. The van der Waals surface area contributed by atoms with Gasteiger partial charge in [-0.3, -0.25) is 4.79 Å². The predicted molar refractivity (Wildman–Crippen MR) is 97.1 cm³/mol. The van der Waals surface area contributed by atoms with Gasteiger partial charge in [0.15, 0.2) is 0 Å². The van der Waals surface area contributed by atoms with E-state index >= 15 is 0 Å². The van der Waals surface area contributed by atoms with Crippen molar-refractivity contribution in [1.82, 2.24) is 14.9 Å². The number of piperidine rings is 1. The zero-order chi connectivity index (χ0) is 17.1. The molecule has 0 saturated carbocycles. The Kier molecular flexibility index (Phi) is 4.63. The second kappa shape index (κ2) is 7.21. The summed E-state index contributed by atoms with van der Waals surface area (Å²) < 4.78 is 0. The lowest BCUT2D eigenvalue weighted by molar-refractivity contribution is -0.136. The molecule has 0 bridgehead atoms. The van der Waals surface area contributed by atoms with Crippen LogP contribution in [0.5, 0.6) is 0 Å². The van der Waals surface area contributed by atoms with E-state index in [1.165, 1.54) is 5.56 Å². The van der Waals surface area contributed by atoms with Crippen LogP contribution in [0.2, 0.25) is 0 Å². The molecule has 2 aliphatic heterocycles. The monoisotopic (exact) mass is 336 g/mol. The van der Waals surface area contributed by atoms with Crippen LogP contribution < -0.4 is 4.90 Å². The topological polar surface area (TPSA) is 49.3 Å². The van der Waals surface area contributed by atoms with Gasteiger partial charge in [-0.15, -0.1) is 0 Å². The maximum Gasteiger partial charge on any atom is 0.227 e. The quantitative estimate of drug-likeness (QED) is 0.864. The second-order valence-electron chi connectivity index (χ2n) is 6.93. The Morgan fingerprint density at radius 1 is 0.960 bits per heavy atom. The minimum Gasteiger partial charge on any atom is -0.340 e.